The Morgan fingerprint density at radius 2 is 1.79 bits per heavy atom. The summed E-state index contributed by atoms with van der Waals surface area (Å²) in [5, 5.41) is 4.79. The van der Waals surface area contributed by atoms with Crippen LogP contribution in [0, 0.1) is 25.5 Å². The van der Waals surface area contributed by atoms with E-state index in [1.165, 1.54) is 10.5 Å². The maximum atomic E-state index is 14.0. The number of alkyl halides is 3. The van der Waals surface area contributed by atoms with Gasteiger partial charge in [-0.05, 0) is 50.5 Å². The topological polar surface area (TPSA) is 111 Å². The summed E-state index contributed by atoms with van der Waals surface area (Å²) in [5.41, 5.74) is -0.0830. The molecular weight excluding hydrogens is 519 g/mol. The highest BCUT2D eigenvalue weighted by Crippen LogP contribution is 2.35. The molecule has 1 aromatic carbocycles. The predicted octanol–water partition coefficient (Wildman–Crippen LogP) is 3.89. The maximum absolute atomic E-state index is 14.0. The van der Waals surface area contributed by atoms with Crippen LogP contribution in [-0.2, 0) is 16.1 Å². The third-order valence-electron chi connectivity index (χ3n) is 5.87. The minimum atomic E-state index is -5.33. The first kappa shape index (κ1) is 26.8. The van der Waals surface area contributed by atoms with Gasteiger partial charge in [-0.15, -0.1) is 0 Å². The zero-order valence-electron chi connectivity index (χ0n) is 20.0. The molecule has 1 saturated carbocycles. The lowest BCUT2D eigenvalue weighted by Crippen LogP contribution is -2.47. The number of nitrogens with one attached hydrogen (secondary N) is 2. The standard InChI is InChI=1S/C24H21F5N4O5/c1-12-8-17(37-10-14-15(25)4-3-5-16(14)26)19-31-13(2)18(33(19)9-12)20(34)30-11-23(6-7-23)32-22(36)38-21(35)24(27,28)29/h3-5,8-9H,6-7,10-11H2,1-2H3,(H,30,34)(H,32,36). The van der Waals surface area contributed by atoms with Crippen LogP contribution < -0.4 is 15.4 Å². The second-order valence-corrected chi connectivity index (χ2v) is 8.87. The van der Waals surface area contributed by atoms with Crippen LogP contribution >= 0.6 is 0 Å². The Labute approximate surface area is 211 Å². The minimum absolute atomic E-state index is 0.108. The van der Waals surface area contributed by atoms with Gasteiger partial charge < -0.3 is 20.1 Å². The van der Waals surface area contributed by atoms with Crippen LogP contribution in [0.4, 0.5) is 26.7 Å². The quantitative estimate of drug-likeness (QED) is 0.267. The molecule has 1 fully saturated rings. The Bertz CT molecular complexity index is 1410. The number of hydrogen-bond donors (Lipinski definition) is 2. The lowest BCUT2D eigenvalue weighted by molar-refractivity contribution is -0.192. The van der Waals surface area contributed by atoms with Crippen LogP contribution in [0.15, 0.2) is 30.5 Å². The van der Waals surface area contributed by atoms with Crippen LogP contribution in [0.3, 0.4) is 0 Å². The predicted molar refractivity (Wildman–Crippen MR) is 120 cm³/mol. The first-order valence-electron chi connectivity index (χ1n) is 11.2. The average molecular weight is 540 g/mol. The number of amides is 2. The number of hydrogen-bond acceptors (Lipinski definition) is 6. The van der Waals surface area contributed by atoms with Crippen LogP contribution in [0.25, 0.3) is 5.65 Å². The van der Waals surface area contributed by atoms with Crippen molar-refractivity contribution in [1.82, 2.24) is 20.0 Å². The number of carbonyl (C=O) groups is 3. The number of nitrogens with zero attached hydrogens (tertiary/aromatic N) is 2. The van der Waals surface area contributed by atoms with Crippen LogP contribution in [0.1, 0.15) is 40.2 Å². The van der Waals surface area contributed by atoms with Crippen molar-refractivity contribution in [3.63, 3.8) is 0 Å². The summed E-state index contributed by atoms with van der Waals surface area (Å²) in [4.78, 5) is 39.9. The number of esters is 1. The van der Waals surface area contributed by atoms with Gasteiger partial charge in [0.05, 0.1) is 16.8 Å². The number of benzene rings is 1. The van der Waals surface area contributed by atoms with Gasteiger partial charge in [0.15, 0.2) is 11.4 Å². The Morgan fingerprint density at radius 3 is 2.39 bits per heavy atom. The minimum Gasteiger partial charge on any atom is -0.485 e. The Kier molecular flexibility index (Phi) is 7.00. The highest BCUT2D eigenvalue weighted by molar-refractivity contribution is 5.95. The molecule has 0 bridgehead atoms. The second-order valence-electron chi connectivity index (χ2n) is 8.87. The van der Waals surface area contributed by atoms with Crippen LogP contribution in [0.5, 0.6) is 5.75 Å². The van der Waals surface area contributed by atoms with Gasteiger partial charge in [-0.3, -0.25) is 9.20 Å². The molecule has 3 aromatic rings. The molecule has 2 heterocycles. The van der Waals surface area contributed by atoms with E-state index in [0.717, 1.165) is 12.1 Å². The molecule has 0 unspecified atom stereocenters. The van der Waals surface area contributed by atoms with E-state index in [-0.39, 0.29) is 29.2 Å². The molecule has 0 saturated heterocycles. The summed E-state index contributed by atoms with van der Waals surface area (Å²) >= 11 is 0. The number of carbonyl (C=O) groups excluding carboxylic acids is 3. The van der Waals surface area contributed by atoms with Crippen molar-refractivity contribution < 1.29 is 45.8 Å². The molecule has 0 atom stereocenters. The van der Waals surface area contributed by atoms with Crippen molar-refractivity contribution in [2.75, 3.05) is 6.54 Å². The molecule has 2 aromatic heterocycles. The van der Waals surface area contributed by atoms with Crippen molar-refractivity contribution in [3.05, 3.63) is 64.6 Å². The smallest absolute Gasteiger partial charge is 0.485 e. The van der Waals surface area contributed by atoms with Gasteiger partial charge in [0.2, 0.25) is 0 Å². The van der Waals surface area contributed by atoms with Crippen molar-refractivity contribution in [1.29, 1.82) is 0 Å². The van der Waals surface area contributed by atoms with Gasteiger partial charge in [-0.1, -0.05) is 6.07 Å². The number of halogens is 5. The highest BCUT2D eigenvalue weighted by Gasteiger charge is 2.47. The lowest BCUT2D eigenvalue weighted by atomic mass is 10.2. The number of fused-ring (bicyclic) bond motifs is 1. The van der Waals surface area contributed by atoms with E-state index in [1.54, 1.807) is 26.1 Å². The van der Waals surface area contributed by atoms with Crippen LogP contribution in [-0.4, -0.2) is 45.6 Å². The molecule has 38 heavy (non-hydrogen) atoms. The fraction of sp³-hybridized carbons (Fsp3) is 0.333. The summed E-state index contributed by atoms with van der Waals surface area (Å²) in [7, 11) is 0. The summed E-state index contributed by atoms with van der Waals surface area (Å²) in [6.07, 6.45) is -4.63. The van der Waals surface area contributed by atoms with E-state index in [9.17, 15) is 36.3 Å². The van der Waals surface area contributed by atoms with Crippen molar-refractivity contribution in [2.24, 2.45) is 0 Å². The average Bonchev–Trinajstić information content (AvgIpc) is 3.49. The Morgan fingerprint density at radius 1 is 1.13 bits per heavy atom. The molecule has 2 amide bonds. The monoisotopic (exact) mass is 540 g/mol. The first-order chi connectivity index (χ1) is 17.8. The van der Waals surface area contributed by atoms with Crippen LogP contribution in [0.2, 0.25) is 0 Å². The van der Waals surface area contributed by atoms with Gasteiger partial charge >= 0.3 is 18.2 Å². The van der Waals surface area contributed by atoms with Gasteiger partial charge in [0.25, 0.3) is 5.91 Å². The summed E-state index contributed by atoms with van der Waals surface area (Å²) in [6, 6.07) is 5.03. The van der Waals surface area contributed by atoms with Crippen molar-refractivity contribution >= 4 is 23.6 Å². The normalized spacial score (nSPS) is 14.2. The molecule has 1 aliphatic rings. The number of pyridine rings is 1. The molecular formula is C24H21F5N4O5. The molecule has 0 aliphatic heterocycles. The number of aryl methyl sites for hydroxylation is 2. The fourth-order valence-electron chi connectivity index (χ4n) is 3.77. The number of rotatable bonds is 7. The summed E-state index contributed by atoms with van der Waals surface area (Å²) < 4.78 is 75.7. The Balaban J connectivity index is 1.48. The molecule has 202 valence electrons. The second kappa shape index (κ2) is 9.91. The van der Waals surface area contributed by atoms with Gasteiger partial charge in [0.1, 0.15) is 23.9 Å². The fourth-order valence-corrected chi connectivity index (χ4v) is 3.77. The SMILES string of the molecule is Cc1cc(OCc2c(F)cccc2F)c2nc(C)c(C(=O)NCC3(NC(=O)OC(=O)C(F)(F)F)CC3)n2c1. The van der Waals surface area contributed by atoms with Gasteiger partial charge in [-0.25, -0.2) is 23.4 Å². The first-order valence-corrected chi connectivity index (χ1v) is 11.2. The molecule has 0 spiro atoms. The zero-order chi connectivity index (χ0) is 27.8. The number of ether oxygens (including phenoxy) is 2. The van der Waals surface area contributed by atoms with E-state index in [0.29, 0.717) is 24.1 Å². The van der Waals surface area contributed by atoms with Gasteiger partial charge in [0, 0.05) is 12.7 Å². The van der Waals surface area contributed by atoms with Gasteiger partial charge in [-0.2, -0.15) is 13.2 Å². The van der Waals surface area contributed by atoms with E-state index in [2.05, 4.69) is 20.4 Å². The van der Waals surface area contributed by atoms with E-state index < -0.39 is 47.9 Å². The van der Waals surface area contributed by atoms with Crippen molar-refractivity contribution in [3.8, 4) is 5.75 Å². The molecule has 4 rings (SSSR count). The van der Waals surface area contributed by atoms with E-state index in [4.69, 9.17) is 4.74 Å². The summed E-state index contributed by atoms with van der Waals surface area (Å²) in [5.74, 6) is -4.64. The van der Waals surface area contributed by atoms with E-state index >= 15 is 0 Å². The third-order valence-corrected chi connectivity index (χ3v) is 5.87. The van der Waals surface area contributed by atoms with E-state index in [1.807, 2.05) is 0 Å². The summed E-state index contributed by atoms with van der Waals surface area (Å²) in [6.45, 7) is 2.69. The maximum Gasteiger partial charge on any atom is 0.491 e. The largest absolute Gasteiger partial charge is 0.491 e. The molecule has 0 radical (unpaired) electrons. The molecule has 9 nitrogen and oxygen atoms in total. The molecule has 1 aliphatic carbocycles. The molecule has 14 heteroatoms. The molecule has 2 N–H and O–H groups in total. The highest BCUT2D eigenvalue weighted by atomic mass is 19.4. The van der Waals surface area contributed by atoms with Crippen molar-refractivity contribution in [2.45, 2.75) is 45.0 Å². The third kappa shape index (κ3) is 5.68. The number of alkyl carbamates (subject to hydrolysis) is 1. The number of aromatic nitrogens is 2. The zero-order valence-corrected chi connectivity index (χ0v) is 20.0. The Hall–Kier alpha value is -4.23. The lowest BCUT2D eigenvalue weighted by Gasteiger charge is -2.18. The number of imidazole rings is 1.